The summed E-state index contributed by atoms with van der Waals surface area (Å²) >= 11 is 0. The van der Waals surface area contributed by atoms with Gasteiger partial charge in [0.1, 0.15) is 0 Å². The standard InChI is InChI=1S/C18H26N2O2/c1-13(2)16-8-5-15(6-9-16)7-10-17(21)19-11-12-20-18(22)14(3)4/h5-10,13-14H,11-12H2,1-4H3,(H,19,21)(H,20,22). The molecule has 0 atom stereocenters. The summed E-state index contributed by atoms with van der Waals surface area (Å²) in [4.78, 5) is 23.0. The van der Waals surface area contributed by atoms with Gasteiger partial charge in [-0.15, -0.1) is 0 Å². The fourth-order valence-corrected chi connectivity index (χ4v) is 1.80. The summed E-state index contributed by atoms with van der Waals surface area (Å²) in [5.74, 6) is 0.300. The van der Waals surface area contributed by atoms with Gasteiger partial charge in [-0.1, -0.05) is 52.0 Å². The van der Waals surface area contributed by atoms with E-state index in [2.05, 4.69) is 36.6 Å². The zero-order valence-electron chi connectivity index (χ0n) is 13.8. The molecule has 120 valence electrons. The molecule has 0 unspecified atom stereocenters. The molecule has 4 nitrogen and oxygen atoms in total. The van der Waals surface area contributed by atoms with E-state index in [1.54, 1.807) is 6.08 Å². The monoisotopic (exact) mass is 302 g/mol. The van der Waals surface area contributed by atoms with E-state index in [4.69, 9.17) is 0 Å². The van der Waals surface area contributed by atoms with Crippen LogP contribution in [0.5, 0.6) is 0 Å². The normalized spacial score (nSPS) is 11.2. The first kappa shape index (κ1) is 18.0. The molecule has 0 bridgehead atoms. The Balaban J connectivity index is 2.33. The van der Waals surface area contributed by atoms with Crippen LogP contribution in [0.4, 0.5) is 0 Å². The van der Waals surface area contributed by atoms with Gasteiger partial charge in [0, 0.05) is 25.1 Å². The van der Waals surface area contributed by atoms with Gasteiger partial charge in [0.15, 0.2) is 0 Å². The summed E-state index contributed by atoms with van der Waals surface area (Å²) in [6.07, 6.45) is 3.29. The molecule has 0 saturated heterocycles. The summed E-state index contributed by atoms with van der Waals surface area (Å²) in [6.45, 7) is 8.84. The molecule has 1 aromatic rings. The number of nitrogens with one attached hydrogen (secondary N) is 2. The van der Waals surface area contributed by atoms with E-state index in [1.165, 1.54) is 11.6 Å². The van der Waals surface area contributed by atoms with E-state index in [1.807, 2.05) is 26.0 Å². The highest BCUT2D eigenvalue weighted by atomic mass is 16.2. The first-order valence-corrected chi connectivity index (χ1v) is 7.73. The molecule has 4 heteroatoms. The molecule has 2 amide bonds. The Hall–Kier alpha value is -2.10. The van der Waals surface area contributed by atoms with Crippen molar-refractivity contribution in [2.45, 2.75) is 33.6 Å². The molecule has 1 rings (SSSR count). The van der Waals surface area contributed by atoms with Crippen LogP contribution in [-0.4, -0.2) is 24.9 Å². The molecule has 2 N–H and O–H groups in total. The topological polar surface area (TPSA) is 58.2 Å². The zero-order valence-corrected chi connectivity index (χ0v) is 13.8. The average Bonchev–Trinajstić information content (AvgIpc) is 2.49. The smallest absolute Gasteiger partial charge is 0.244 e. The number of rotatable bonds is 7. The summed E-state index contributed by atoms with van der Waals surface area (Å²) < 4.78 is 0. The molecule has 0 aliphatic carbocycles. The molecule has 0 heterocycles. The predicted octanol–water partition coefficient (Wildman–Crippen LogP) is 2.71. The number of hydrogen-bond acceptors (Lipinski definition) is 2. The van der Waals surface area contributed by atoms with Crippen molar-refractivity contribution in [2.24, 2.45) is 5.92 Å². The molecule has 0 fully saturated rings. The zero-order chi connectivity index (χ0) is 16.5. The third-order valence-electron chi connectivity index (χ3n) is 3.28. The molecule has 1 aromatic carbocycles. The summed E-state index contributed by atoms with van der Waals surface area (Å²) in [5, 5.41) is 5.49. The highest BCUT2D eigenvalue weighted by Crippen LogP contribution is 2.15. The van der Waals surface area contributed by atoms with Crippen LogP contribution in [0, 0.1) is 5.92 Å². The maximum absolute atomic E-state index is 11.7. The maximum atomic E-state index is 11.7. The van der Waals surface area contributed by atoms with E-state index in [0.29, 0.717) is 19.0 Å². The Labute approximate surface area is 133 Å². The second-order valence-corrected chi connectivity index (χ2v) is 5.89. The number of amides is 2. The van der Waals surface area contributed by atoms with Crippen molar-refractivity contribution in [1.29, 1.82) is 0 Å². The second kappa shape index (κ2) is 9.03. The minimum Gasteiger partial charge on any atom is -0.354 e. The van der Waals surface area contributed by atoms with Gasteiger partial charge in [-0.05, 0) is 23.1 Å². The summed E-state index contributed by atoms with van der Waals surface area (Å²) in [6, 6.07) is 8.15. The number of hydrogen-bond donors (Lipinski definition) is 2. The number of benzene rings is 1. The van der Waals surface area contributed by atoms with Crippen molar-refractivity contribution in [2.75, 3.05) is 13.1 Å². The minimum absolute atomic E-state index is 0.00460. The van der Waals surface area contributed by atoms with E-state index >= 15 is 0 Å². The van der Waals surface area contributed by atoms with Crippen LogP contribution >= 0.6 is 0 Å². The Kier molecular flexibility index (Phi) is 7.37. The molecule has 0 aliphatic heterocycles. The second-order valence-electron chi connectivity index (χ2n) is 5.89. The number of carbonyl (C=O) groups is 2. The Morgan fingerprint density at radius 3 is 2.14 bits per heavy atom. The van der Waals surface area contributed by atoms with Crippen LogP contribution in [0.25, 0.3) is 6.08 Å². The van der Waals surface area contributed by atoms with E-state index in [9.17, 15) is 9.59 Å². The Morgan fingerprint density at radius 1 is 1.00 bits per heavy atom. The molecular formula is C18H26N2O2. The van der Waals surface area contributed by atoms with Crippen molar-refractivity contribution in [3.8, 4) is 0 Å². The van der Waals surface area contributed by atoms with Crippen LogP contribution in [0.2, 0.25) is 0 Å². The molecule has 22 heavy (non-hydrogen) atoms. The van der Waals surface area contributed by atoms with Gasteiger partial charge < -0.3 is 10.6 Å². The fraction of sp³-hybridized carbons (Fsp3) is 0.444. The van der Waals surface area contributed by atoms with Gasteiger partial charge in [-0.2, -0.15) is 0 Å². The quantitative estimate of drug-likeness (QED) is 0.601. The lowest BCUT2D eigenvalue weighted by Crippen LogP contribution is -2.35. The van der Waals surface area contributed by atoms with Gasteiger partial charge in [-0.25, -0.2) is 0 Å². The van der Waals surface area contributed by atoms with Crippen LogP contribution in [0.3, 0.4) is 0 Å². The van der Waals surface area contributed by atoms with Gasteiger partial charge >= 0.3 is 0 Å². The fourth-order valence-electron chi connectivity index (χ4n) is 1.80. The van der Waals surface area contributed by atoms with Crippen LogP contribution < -0.4 is 10.6 Å². The maximum Gasteiger partial charge on any atom is 0.244 e. The average molecular weight is 302 g/mol. The van der Waals surface area contributed by atoms with Gasteiger partial charge in [0.05, 0.1) is 0 Å². The van der Waals surface area contributed by atoms with Crippen molar-refractivity contribution in [3.05, 3.63) is 41.5 Å². The van der Waals surface area contributed by atoms with Gasteiger partial charge in [0.25, 0.3) is 0 Å². The lowest BCUT2D eigenvalue weighted by Gasteiger charge is -2.07. The van der Waals surface area contributed by atoms with E-state index in [-0.39, 0.29) is 17.7 Å². The molecule has 0 radical (unpaired) electrons. The first-order valence-electron chi connectivity index (χ1n) is 7.73. The van der Waals surface area contributed by atoms with Crippen molar-refractivity contribution in [3.63, 3.8) is 0 Å². The Bertz CT molecular complexity index is 516. The highest BCUT2D eigenvalue weighted by molar-refractivity contribution is 5.91. The Morgan fingerprint density at radius 2 is 1.59 bits per heavy atom. The minimum atomic E-state index is -0.160. The van der Waals surface area contributed by atoms with Crippen molar-refractivity contribution in [1.82, 2.24) is 10.6 Å². The number of carbonyl (C=O) groups excluding carboxylic acids is 2. The lowest BCUT2D eigenvalue weighted by atomic mass is 10.0. The first-order chi connectivity index (χ1) is 10.4. The van der Waals surface area contributed by atoms with Crippen molar-refractivity contribution < 1.29 is 9.59 Å². The highest BCUT2D eigenvalue weighted by Gasteiger charge is 2.05. The van der Waals surface area contributed by atoms with Gasteiger partial charge in [-0.3, -0.25) is 9.59 Å². The van der Waals surface area contributed by atoms with Crippen LogP contribution in [0.15, 0.2) is 30.3 Å². The summed E-state index contributed by atoms with van der Waals surface area (Å²) in [5.41, 5.74) is 2.27. The van der Waals surface area contributed by atoms with E-state index < -0.39 is 0 Å². The lowest BCUT2D eigenvalue weighted by molar-refractivity contribution is -0.124. The third kappa shape index (κ3) is 6.57. The largest absolute Gasteiger partial charge is 0.354 e. The summed E-state index contributed by atoms with van der Waals surface area (Å²) in [7, 11) is 0. The van der Waals surface area contributed by atoms with Crippen LogP contribution in [-0.2, 0) is 9.59 Å². The third-order valence-corrected chi connectivity index (χ3v) is 3.28. The molecular weight excluding hydrogens is 276 g/mol. The van der Waals surface area contributed by atoms with Gasteiger partial charge in [0.2, 0.25) is 11.8 Å². The predicted molar refractivity (Wildman–Crippen MR) is 90.4 cm³/mol. The van der Waals surface area contributed by atoms with Crippen molar-refractivity contribution >= 4 is 17.9 Å². The molecule has 0 aliphatic rings. The van der Waals surface area contributed by atoms with E-state index in [0.717, 1.165) is 5.56 Å². The molecule has 0 spiro atoms. The molecule has 0 aromatic heterocycles. The SMILES string of the molecule is CC(C)C(=O)NCCNC(=O)C=Cc1ccc(C(C)C)cc1. The molecule has 0 saturated carbocycles. The van der Waals surface area contributed by atoms with Crippen LogP contribution in [0.1, 0.15) is 44.7 Å².